The van der Waals surface area contributed by atoms with Crippen molar-refractivity contribution in [1.82, 2.24) is 0 Å². The van der Waals surface area contributed by atoms with Crippen LogP contribution in [-0.2, 0) is 14.8 Å². The molecule has 0 saturated heterocycles. The molecule has 1 amide bonds. The van der Waals surface area contributed by atoms with Crippen molar-refractivity contribution in [2.75, 3.05) is 22.4 Å². The van der Waals surface area contributed by atoms with Crippen molar-refractivity contribution in [3.8, 4) is 5.75 Å². The van der Waals surface area contributed by atoms with E-state index in [2.05, 4.69) is 26.0 Å². The molecule has 27 heavy (non-hydrogen) atoms. The molecule has 0 atom stereocenters. The van der Waals surface area contributed by atoms with E-state index in [1.165, 1.54) is 0 Å². The second kappa shape index (κ2) is 10.3. The highest BCUT2D eigenvalue weighted by molar-refractivity contribution is 9.10. The molecule has 2 rings (SSSR count). The highest BCUT2D eigenvalue weighted by Gasteiger charge is 2.09. The summed E-state index contributed by atoms with van der Waals surface area (Å²) in [4.78, 5) is 12.0. The van der Waals surface area contributed by atoms with E-state index in [9.17, 15) is 13.2 Å². The number of amides is 1. The van der Waals surface area contributed by atoms with Gasteiger partial charge in [0.1, 0.15) is 5.75 Å². The highest BCUT2D eigenvalue weighted by atomic mass is 79.9. The Morgan fingerprint density at radius 1 is 1.07 bits per heavy atom. The van der Waals surface area contributed by atoms with E-state index in [1.807, 2.05) is 31.2 Å². The average molecular weight is 455 g/mol. The van der Waals surface area contributed by atoms with Gasteiger partial charge < -0.3 is 10.1 Å². The van der Waals surface area contributed by atoms with Crippen molar-refractivity contribution in [2.45, 2.75) is 26.2 Å². The number of nitrogens with one attached hydrogen (secondary N) is 2. The average Bonchev–Trinajstić information content (AvgIpc) is 2.61. The summed E-state index contributed by atoms with van der Waals surface area (Å²) in [6.45, 7) is 2.25. The molecule has 0 aliphatic rings. The lowest BCUT2D eigenvalue weighted by Crippen LogP contribution is -2.16. The number of sulfonamides is 1. The quantitative estimate of drug-likeness (QED) is 0.521. The fraction of sp³-hybridized carbons (Fsp3) is 0.316. The maximum Gasteiger partial charge on any atom is 0.232 e. The molecule has 0 radical (unpaired) electrons. The first kappa shape index (κ1) is 21.2. The molecule has 2 aromatic carbocycles. The van der Waals surface area contributed by atoms with Crippen molar-refractivity contribution >= 4 is 43.2 Å². The molecule has 2 aromatic rings. The lowest BCUT2D eigenvalue weighted by atomic mass is 10.2. The molecule has 0 aliphatic carbocycles. The van der Waals surface area contributed by atoms with Crippen molar-refractivity contribution in [3.05, 3.63) is 53.0 Å². The first-order chi connectivity index (χ1) is 12.9. The summed E-state index contributed by atoms with van der Waals surface area (Å²) < 4.78 is 32.5. The zero-order chi connectivity index (χ0) is 19.7. The summed E-state index contributed by atoms with van der Waals surface area (Å²) in [5.74, 6) is 0.705. The Kier molecular flexibility index (Phi) is 8.12. The molecule has 0 fully saturated rings. The molecule has 0 aliphatic heterocycles. The third-order valence-electron chi connectivity index (χ3n) is 3.56. The summed E-state index contributed by atoms with van der Waals surface area (Å²) in [5.41, 5.74) is 1.09. The van der Waals surface area contributed by atoms with Crippen LogP contribution in [0.15, 0.2) is 53.0 Å². The van der Waals surface area contributed by atoms with E-state index in [4.69, 9.17) is 4.74 Å². The Balaban J connectivity index is 1.75. The normalized spacial score (nSPS) is 11.0. The standard InChI is InChI=1S/C19H23BrN2O4S/c1-2-14-27(24,25)22-16-11-9-15(10-12-16)21-19(23)8-5-13-26-18-7-4-3-6-17(18)20/h3-4,6-7,9-12,22H,2,5,8,13-14H2,1H3,(H,21,23). The number of ether oxygens (including phenoxy) is 1. The zero-order valence-electron chi connectivity index (χ0n) is 15.1. The predicted octanol–water partition coefficient (Wildman–Crippen LogP) is 4.40. The van der Waals surface area contributed by atoms with Gasteiger partial charge in [0.05, 0.1) is 16.8 Å². The molecule has 0 aromatic heterocycles. The van der Waals surface area contributed by atoms with Gasteiger partial charge in [0, 0.05) is 17.8 Å². The van der Waals surface area contributed by atoms with Crippen LogP contribution in [0.25, 0.3) is 0 Å². The van der Waals surface area contributed by atoms with E-state index >= 15 is 0 Å². The molecule has 0 heterocycles. The molecule has 0 unspecified atom stereocenters. The highest BCUT2D eigenvalue weighted by Crippen LogP contribution is 2.24. The number of benzene rings is 2. The largest absolute Gasteiger partial charge is 0.492 e. The minimum atomic E-state index is -3.32. The monoisotopic (exact) mass is 454 g/mol. The van der Waals surface area contributed by atoms with Crippen LogP contribution in [0, 0.1) is 0 Å². The second-order valence-corrected chi connectivity index (χ2v) is 8.63. The summed E-state index contributed by atoms with van der Waals surface area (Å²) in [5, 5.41) is 2.79. The van der Waals surface area contributed by atoms with E-state index in [0.717, 1.165) is 10.2 Å². The van der Waals surface area contributed by atoms with Gasteiger partial charge >= 0.3 is 0 Å². The van der Waals surface area contributed by atoms with Crippen LogP contribution in [0.4, 0.5) is 11.4 Å². The van der Waals surface area contributed by atoms with Crippen LogP contribution in [0.2, 0.25) is 0 Å². The number of para-hydroxylation sites is 1. The van der Waals surface area contributed by atoms with Crippen LogP contribution in [0.3, 0.4) is 0 Å². The fourth-order valence-corrected chi connectivity index (χ4v) is 3.86. The van der Waals surface area contributed by atoms with Crippen LogP contribution < -0.4 is 14.8 Å². The second-order valence-electron chi connectivity index (χ2n) is 5.93. The van der Waals surface area contributed by atoms with Crippen molar-refractivity contribution < 1.29 is 17.9 Å². The summed E-state index contributed by atoms with van der Waals surface area (Å²) in [6, 6.07) is 14.1. The van der Waals surface area contributed by atoms with E-state index in [-0.39, 0.29) is 11.7 Å². The molecule has 8 heteroatoms. The van der Waals surface area contributed by atoms with Gasteiger partial charge in [0.25, 0.3) is 0 Å². The van der Waals surface area contributed by atoms with Crippen LogP contribution in [0.5, 0.6) is 5.75 Å². The summed E-state index contributed by atoms with van der Waals surface area (Å²) in [7, 11) is -3.32. The van der Waals surface area contributed by atoms with Gasteiger partial charge in [0.15, 0.2) is 0 Å². The first-order valence-corrected chi connectivity index (χ1v) is 11.1. The fourth-order valence-electron chi connectivity index (χ4n) is 2.32. The van der Waals surface area contributed by atoms with Gasteiger partial charge in [-0.2, -0.15) is 0 Å². The summed E-state index contributed by atoms with van der Waals surface area (Å²) in [6.07, 6.45) is 1.46. The van der Waals surface area contributed by atoms with Gasteiger partial charge in [-0.3, -0.25) is 9.52 Å². The number of halogens is 1. The maximum atomic E-state index is 12.0. The van der Waals surface area contributed by atoms with Gasteiger partial charge in [0.2, 0.25) is 15.9 Å². The molecule has 0 spiro atoms. The van der Waals surface area contributed by atoms with Crippen LogP contribution >= 0.6 is 15.9 Å². The third kappa shape index (κ3) is 7.60. The molecule has 146 valence electrons. The van der Waals surface area contributed by atoms with E-state index in [1.54, 1.807) is 24.3 Å². The zero-order valence-corrected chi connectivity index (χ0v) is 17.5. The van der Waals surface area contributed by atoms with Crippen molar-refractivity contribution in [3.63, 3.8) is 0 Å². The Bertz CT molecular complexity index is 854. The maximum absolute atomic E-state index is 12.0. The molecule has 2 N–H and O–H groups in total. The van der Waals surface area contributed by atoms with Gasteiger partial charge in [-0.1, -0.05) is 19.1 Å². The predicted molar refractivity (Wildman–Crippen MR) is 112 cm³/mol. The van der Waals surface area contributed by atoms with Gasteiger partial charge in [-0.15, -0.1) is 0 Å². The lowest BCUT2D eigenvalue weighted by molar-refractivity contribution is -0.116. The topological polar surface area (TPSA) is 84.5 Å². The number of carbonyl (C=O) groups is 1. The molecular weight excluding hydrogens is 432 g/mol. The SMILES string of the molecule is CCCS(=O)(=O)Nc1ccc(NC(=O)CCCOc2ccccc2Br)cc1. The Morgan fingerprint density at radius 2 is 1.74 bits per heavy atom. The number of hydrogen-bond acceptors (Lipinski definition) is 4. The van der Waals surface area contributed by atoms with E-state index < -0.39 is 10.0 Å². The van der Waals surface area contributed by atoms with Crippen LogP contribution in [-0.4, -0.2) is 26.7 Å². The smallest absolute Gasteiger partial charge is 0.232 e. The first-order valence-electron chi connectivity index (χ1n) is 8.67. The Morgan fingerprint density at radius 3 is 2.41 bits per heavy atom. The van der Waals surface area contributed by atoms with Crippen molar-refractivity contribution in [1.29, 1.82) is 0 Å². The lowest BCUT2D eigenvalue weighted by Gasteiger charge is -2.10. The van der Waals surface area contributed by atoms with Crippen LogP contribution in [0.1, 0.15) is 26.2 Å². The molecule has 0 saturated carbocycles. The Labute approximate surface area is 168 Å². The Hall–Kier alpha value is -2.06. The van der Waals surface area contributed by atoms with Gasteiger partial charge in [-0.05, 0) is 65.2 Å². The van der Waals surface area contributed by atoms with E-state index in [0.29, 0.717) is 37.2 Å². The minimum absolute atomic E-state index is 0.0765. The third-order valence-corrected chi connectivity index (χ3v) is 5.70. The van der Waals surface area contributed by atoms with Crippen molar-refractivity contribution in [2.24, 2.45) is 0 Å². The van der Waals surface area contributed by atoms with Gasteiger partial charge in [-0.25, -0.2) is 8.42 Å². The number of hydrogen-bond donors (Lipinski definition) is 2. The number of carbonyl (C=O) groups excluding carboxylic acids is 1. The minimum Gasteiger partial charge on any atom is -0.492 e. The molecular formula is C19H23BrN2O4S. The molecule has 6 nitrogen and oxygen atoms in total. The number of rotatable bonds is 10. The molecule has 0 bridgehead atoms. The summed E-state index contributed by atoms with van der Waals surface area (Å²) >= 11 is 3.41. The number of anilines is 2.